The molecule has 11 aromatic rings. The van der Waals surface area contributed by atoms with E-state index in [1.165, 1.54) is 27.4 Å². The number of fused-ring (bicyclic) bond motifs is 6. The van der Waals surface area contributed by atoms with E-state index in [0.717, 1.165) is 30.9 Å². The van der Waals surface area contributed by atoms with E-state index >= 15 is 0 Å². The van der Waals surface area contributed by atoms with Gasteiger partial charge in [-0.25, -0.2) is 4.98 Å². The molecule has 13 rings (SSSR count). The van der Waals surface area contributed by atoms with Crippen LogP contribution in [0.2, 0.25) is 19.1 Å². The minimum Gasteiger partial charge on any atom is -0.458 e. The second kappa shape index (κ2) is 17.4. The topological polar surface area (TPSA) is 35.9 Å². The summed E-state index contributed by atoms with van der Waals surface area (Å²) in [6, 6.07) is 26.0. The summed E-state index contributed by atoms with van der Waals surface area (Å²) in [5.41, 5.74) is 8.77. The zero-order valence-corrected chi connectivity index (χ0v) is 44.4. The first kappa shape index (κ1) is 33.9. The van der Waals surface area contributed by atoms with E-state index in [2.05, 4.69) is 79.2 Å². The Labute approximate surface area is 462 Å². The van der Waals surface area contributed by atoms with Crippen LogP contribution < -0.4 is 14.5 Å². The number of aromatic nitrogens is 4. The second-order valence-corrected chi connectivity index (χ2v) is 27.6. The largest absolute Gasteiger partial charge is 0.458 e. The Balaban J connectivity index is 0.984. The molecule has 0 fully saturated rings. The van der Waals surface area contributed by atoms with Crippen molar-refractivity contribution in [3.8, 4) is 62.1 Å². The third kappa shape index (κ3) is 7.79. The van der Waals surface area contributed by atoms with Crippen LogP contribution in [0.4, 0.5) is 0 Å². The van der Waals surface area contributed by atoms with Crippen molar-refractivity contribution in [3.63, 3.8) is 0 Å². The smallest absolute Gasteiger partial charge is 0.269 e. The van der Waals surface area contributed by atoms with Crippen molar-refractivity contribution in [2.45, 2.75) is 96.2 Å². The summed E-state index contributed by atoms with van der Waals surface area (Å²) in [4.78, 5) is 5.06. The highest BCUT2D eigenvalue weighted by Crippen LogP contribution is 2.53. The van der Waals surface area contributed by atoms with E-state index in [1.807, 2.05) is 41.1 Å². The van der Waals surface area contributed by atoms with Crippen molar-refractivity contribution < 1.29 is 28.5 Å². The van der Waals surface area contributed by atoms with E-state index in [4.69, 9.17) is 26.2 Å². The summed E-state index contributed by atoms with van der Waals surface area (Å²) in [6.07, 6.45) is 8.46. The van der Waals surface area contributed by atoms with Crippen LogP contribution in [-0.2, 0) is 16.2 Å². The van der Waals surface area contributed by atoms with E-state index in [-0.39, 0.29) is 73.9 Å². The highest BCUT2D eigenvalue weighted by Gasteiger charge is 2.47. The van der Waals surface area contributed by atoms with E-state index in [9.17, 15) is 2.74 Å². The van der Waals surface area contributed by atoms with Gasteiger partial charge in [0.15, 0.2) is 0 Å². The van der Waals surface area contributed by atoms with Crippen LogP contribution in [0.25, 0.3) is 83.4 Å². The third-order valence-electron chi connectivity index (χ3n) is 16.2. The summed E-state index contributed by atoms with van der Waals surface area (Å²) in [7, 11) is -2.05. The monoisotopic (exact) mass is 1010 g/mol. The molecule has 1 aliphatic heterocycles. The van der Waals surface area contributed by atoms with E-state index < -0.39 is 68.5 Å². The molecule has 75 heavy (non-hydrogen) atoms. The summed E-state index contributed by atoms with van der Waals surface area (Å²) in [6.45, 7) is 19.3. The lowest BCUT2D eigenvalue weighted by atomic mass is 9.60. The Morgan fingerprint density at radius 1 is 0.587 bits per heavy atom. The highest BCUT2D eigenvalue weighted by molar-refractivity contribution is 6.91. The zero-order chi connectivity index (χ0) is 63.6. The Hall–Kier alpha value is -7.80. The average molecular weight is 1010 g/mol. The van der Waals surface area contributed by atoms with Gasteiger partial charge < -0.3 is 4.74 Å². The molecule has 8 aromatic carbocycles. The Morgan fingerprint density at radius 3 is 2.01 bits per heavy atom. The van der Waals surface area contributed by atoms with Crippen LogP contribution in [0.5, 0.6) is 11.5 Å². The van der Waals surface area contributed by atoms with Gasteiger partial charge in [0.05, 0.1) is 60.7 Å². The standard InChI is InChI=1S/C69H64N4OSi/c1-67(2)36-37-69(5,6)64-56(67)44-57-66(75(7,8)40-38-68(57,3)4)63(64)48-35-39-70-62(41-48)73-58-30-16-15-27-54(58)55-34-33-51(43-61(55)73)74-50-26-19-25-49(42-50)71-45-72(60-32-18-17-31-59(60)71)65-52(46-21-11-9-12-22-46)28-20-29-53(65)47-23-13-10-14-24-47/h9-35,39,41-44H,36-38,40H2,1-8H3/i9D,10D,11D,12D,13D,14D,15D,16D,21D,22D,23D,24D,27D,30D. The second-order valence-electron chi connectivity index (χ2n) is 22.8. The predicted molar refractivity (Wildman–Crippen MR) is 313 cm³/mol. The van der Waals surface area contributed by atoms with Crippen molar-refractivity contribution in [1.29, 1.82) is 0 Å². The molecule has 0 radical (unpaired) electrons. The van der Waals surface area contributed by atoms with Crippen LogP contribution in [0.3, 0.4) is 0 Å². The van der Waals surface area contributed by atoms with Crippen molar-refractivity contribution in [2.24, 2.45) is 0 Å². The normalized spacial score (nSPS) is 18.8. The fraction of sp³-hybridized carbons (Fsp3) is 0.217. The fourth-order valence-electron chi connectivity index (χ4n) is 12.1. The van der Waals surface area contributed by atoms with Crippen LogP contribution in [-0.4, -0.2) is 22.2 Å². The molecule has 2 aliphatic rings. The lowest BCUT2D eigenvalue weighted by molar-refractivity contribution is -0.571. The highest BCUT2D eigenvalue weighted by atomic mass is 28.3. The molecule has 0 amide bonds. The number of benzene rings is 8. The van der Waals surface area contributed by atoms with Gasteiger partial charge in [-0.2, -0.15) is 0 Å². The van der Waals surface area contributed by atoms with Gasteiger partial charge in [0, 0.05) is 23.0 Å². The number of pyridine rings is 1. The van der Waals surface area contributed by atoms with Gasteiger partial charge in [0.25, 0.3) is 6.33 Å². The molecule has 0 saturated heterocycles. The van der Waals surface area contributed by atoms with Gasteiger partial charge in [-0.3, -0.25) is 13.7 Å². The molecular formula is C69H64N4OSi. The molecule has 0 spiro atoms. The van der Waals surface area contributed by atoms with E-state index in [0.29, 0.717) is 50.3 Å². The van der Waals surface area contributed by atoms with Crippen molar-refractivity contribution in [1.82, 2.24) is 14.1 Å². The van der Waals surface area contributed by atoms with E-state index in [1.54, 1.807) is 63.7 Å². The number of rotatable bonds is 8. The number of imidazole rings is 1. The van der Waals surface area contributed by atoms with Gasteiger partial charge in [0.1, 0.15) is 17.3 Å². The number of hydrogen-bond acceptors (Lipinski definition) is 2. The quantitative estimate of drug-likeness (QED) is 0.0864. The minimum atomic E-state index is -2.05. The minimum absolute atomic E-state index is 0.0478. The molecule has 1 aliphatic carbocycles. The molecule has 6 heteroatoms. The Bertz CT molecular complexity index is 4710. The van der Waals surface area contributed by atoms with Crippen LogP contribution in [0.15, 0.2) is 194 Å². The van der Waals surface area contributed by atoms with Crippen LogP contribution >= 0.6 is 0 Å². The van der Waals surface area contributed by atoms with Crippen LogP contribution in [0.1, 0.15) is 96.7 Å². The summed E-state index contributed by atoms with van der Waals surface area (Å²) in [5, 5.41) is 2.41. The molecule has 0 atom stereocenters. The molecule has 0 unspecified atom stereocenters. The molecule has 370 valence electrons. The van der Waals surface area contributed by atoms with Crippen LogP contribution in [0, 0.1) is 6.33 Å². The van der Waals surface area contributed by atoms with Crippen molar-refractivity contribution in [2.75, 3.05) is 0 Å². The molecule has 4 heterocycles. The lowest BCUT2D eigenvalue weighted by Crippen LogP contribution is -2.53. The number of hydrogen-bond donors (Lipinski definition) is 0. The van der Waals surface area contributed by atoms with Gasteiger partial charge in [-0.15, -0.1) is 0 Å². The predicted octanol–water partition coefficient (Wildman–Crippen LogP) is 16.9. The molecule has 0 saturated carbocycles. The lowest BCUT2D eigenvalue weighted by Gasteiger charge is -2.49. The summed E-state index contributed by atoms with van der Waals surface area (Å²) >= 11 is 0. The summed E-state index contributed by atoms with van der Waals surface area (Å²) in [5.74, 6) is 1.28. The maximum Gasteiger partial charge on any atom is 0.269 e. The maximum atomic E-state index is 9.51. The van der Waals surface area contributed by atoms with Gasteiger partial charge in [-0.05, 0) is 139 Å². The SMILES string of the molecule is [2H]c1c([2H])c([2H])c(-c2cccc(-c3c([2H])c([2H])c([2H])c([2H])c3[2H])c2-[n+]2[c-]n(-c3cccc(Oc4ccc5c6c([2H])c([2H])c([2H])c([2H])c6n(-c6cc(-c7c8c(cc9c7[Si](C)(C)CCC9(C)C)C(C)(C)CCC8(C)C)ccn6)c5c4)c3)c3ccccc32)c([2H])c1[2H]. The third-order valence-corrected chi connectivity index (χ3v) is 19.6. The zero-order valence-electron chi connectivity index (χ0n) is 57.4. The first-order valence-corrected chi connectivity index (χ1v) is 28.9. The fourth-order valence-corrected chi connectivity index (χ4v) is 15.7. The Kier molecular flexibility index (Phi) is 7.86. The van der Waals surface area contributed by atoms with Gasteiger partial charge >= 0.3 is 0 Å². The average Bonchev–Trinajstić information content (AvgIpc) is 0.850. The number of nitrogens with zero attached hydrogens (tertiary/aromatic N) is 4. The first-order chi connectivity index (χ1) is 42.0. The first-order valence-electron chi connectivity index (χ1n) is 32.7. The molecule has 3 aromatic heterocycles. The maximum absolute atomic E-state index is 9.51. The number of ether oxygens (including phenoxy) is 1. The Morgan fingerprint density at radius 2 is 1.25 bits per heavy atom. The van der Waals surface area contributed by atoms with Gasteiger partial charge in [0.2, 0.25) is 0 Å². The number of para-hydroxylation sites is 4. The summed E-state index contributed by atoms with van der Waals surface area (Å²) < 4.78 is 137. The van der Waals surface area contributed by atoms with Crippen molar-refractivity contribution >= 4 is 46.1 Å². The molecular weight excluding hydrogens is 929 g/mol. The molecule has 5 nitrogen and oxygen atoms in total. The molecule has 0 N–H and O–H groups in total. The van der Waals surface area contributed by atoms with Crippen molar-refractivity contribution in [3.05, 3.63) is 217 Å². The molecule has 0 bridgehead atoms. The van der Waals surface area contributed by atoms with Gasteiger partial charge in [-0.1, -0.05) is 194 Å².